The number of hydrogen-bond donors (Lipinski definition) is 4. The van der Waals surface area contributed by atoms with E-state index in [1.165, 1.54) is 24.1 Å². The molecule has 0 bridgehead atoms. The molecule has 0 radical (unpaired) electrons. The van der Waals surface area contributed by atoms with Gasteiger partial charge in [-0.3, -0.25) is 24.2 Å². The molecule has 4 N–H and O–H groups in total. The minimum atomic E-state index is -0.500. The number of hydrogen-bond acceptors (Lipinski definition) is 7. The Kier molecular flexibility index (Phi) is 6.68. The molecule has 0 fully saturated rings. The van der Waals surface area contributed by atoms with Crippen LogP contribution in [-0.2, 0) is 7.05 Å². The predicted octanol–water partition coefficient (Wildman–Crippen LogP) is 3.49. The van der Waals surface area contributed by atoms with Crippen molar-refractivity contribution in [2.45, 2.75) is 26.8 Å². The van der Waals surface area contributed by atoms with Crippen molar-refractivity contribution in [3.05, 3.63) is 66.9 Å². The molecule has 9 nitrogen and oxygen atoms in total. The molecular formula is C23H29N5O4S. The first-order chi connectivity index (χ1) is 15.4. The van der Waals surface area contributed by atoms with Crippen LogP contribution in [0.2, 0.25) is 0 Å². The number of benzene rings is 1. The van der Waals surface area contributed by atoms with Gasteiger partial charge >= 0.3 is 0 Å². The minimum Gasteiger partial charge on any atom is -0.505 e. The number of aromatic nitrogens is 2. The summed E-state index contributed by atoms with van der Waals surface area (Å²) in [5.41, 5.74) is -1.04. The van der Waals surface area contributed by atoms with Crippen LogP contribution < -0.4 is 21.8 Å². The normalized spacial score (nSPS) is 12.3. The number of amides is 1. The van der Waals surface area contributed by atoms with Crippen LogP contribution in [0.3, 0.4) is 0 Å². The molecule has 1 atom stereocenters. The quantitative estimate of drug-likeness (QED) is 0.409. The lowest BCUT2D eigenvalue weighted by atomic mass is 9.85. The smallest absolute Gasteiger partial charge is 0.290 e. The Bertz CT molecular complexity index is 1270. The highest BCUT2D eigenvalue weighted by Crippen LogP contribution is 2.39. The van der Waals surface area contributed by atoms with Crippen LogP contribution in [0.5, 0.6) is 5.75 Å². The van der Waals surface area contributed by atoms with Crippen molar-refractivity contribution in [3.8, 4) is 5.75 Å². The van der Waals surface area contributed by atoms with Crippen LogP contribution in [0, 0.1) is 5.41 Å². The van der Waals surface area contributed by atoms with E-state index in [-0.39, 0.29) is 45.7 Å². The summed E-state index contributed by atoms with van der Waals surface area (Å²) in [6.07, 6.45) is 0. The maximum atomic E-state index is 13.0. The molecule has 176 valence electrons. The van der Waals surface area contributed by atoms with E-state index >= 15 is 0 Å². The summed E-state index contributed by atoms with van der Waals surface area (Å²) in [5, 5.41) is 21.4. The van der Waals surface area contributed by atoms with Crippen LogP contribution in [0.1, 0.15) is 42.0 Å². The monoisotopic (exact) mass is 471 g/mol. The maximum absolute atomic E-state index is 13.0. The minimum absolute atomic E-state index is 0.0307. The highest BCUT2D eigenvalue weighted by molar-refractivity contribution is 7.10. The number of aromatic amines is 1. The molecule has 2 heterocycles. The van der Waals surface area contributed by atoms with Gasteiger partial charge in [-0.15, -0.1) is 11.3 Å². The summed E-state index contributed by atoms with van der Waals surface area (Å²) in [6, 6.07) is 8.25. The molecule has 0 aliphatic carbocycles. The van der Waals surface area contributed by atoms with Gasteiger partial charge in [0.1, 0.15) is 11.4 Å². The molecule has 0 saturated carbocycles. The van der Waals surface area contributed by atoms with Gasteiger partial charge in [-0.25, -0.2) is 0 Å². The molecular weight excluding hydrogens is 442 g/mol. The van der Waals surface area contributed by atoms with Gasteiger partial charge in [-0.05, 0) is 29.0 Å². The Balaban J connectivity index is 2.13. The van der Waals surface area contributed by atoms with Crippen molar-refractivity contribution < 1.29 is 9.90 Å². The second-order valence-electron chi connectivity index (χ2n) is 9.04. The molecule has 10 heteroatoms. The summed E-state index contributed by atoms with van der Waals surface area (Å²) in [6.45, 7) is 6.11. The zero-order valence-corrected chi connectivity index (χ0v) is 20.3. The predicted molar refractivity (Wildman–Crippen MR) is 132 cm³/mol. The number of H-pyrrole nitrogens is 1. The molecule has 3 aromatic rings. The van der Waals surface area contributed by atoms with E-state index in [4.69, 9.17) is 0 Å². The van der Waals surface area contributed by atoms with Gasteiger partial charge in [-0.2, -0.15) is 0 Å². The molecule has 0 aliphatic rings. The fourth-order valence-corrected chi connectivity index (χ4v) is 4.43. The summed E-state index contributed by atoms with van der Waals surface area (Å²) in [5.74, 6) is -0.700. The van der Waals surface area contributed by atoms with E-state index in [1.807, 2.05) is 38.3 Å². The molecule has 2 aromatic heterocycles. The largest absolute Gasteiger partial charge is 0.505 e. The zero-order valence-electron chi connectivity index (χ0n) is 19.5. The van der Waals surface area contributed by atoms with Gasteiger partial charge in [0.15, 0.2) is 5.75 Å². The number of phenolic OH excluding ortho intramolecular Hbond substituents is 1. The Morgan fingerprint density at radius 3 is 2.42 bits per heavy atom. The molecule has 0 spiro atoms. The lowest BCUT2D eigenvalue weighted by Gasteiger charge is -2.32. The van der Waals surface area contributed by atoms with Gasteiger partial charge in [-0.1, -0.05) is 32.9 Å². The van der Waals surface area contributed by atoms with E-state index in [0.717, 1.165) is 9.56 Å². The first kappa shape index (κ1) is 24.1. The average molecular weight is 472 g/mol. The molecule has 0 unspecified atom stereocenters. The Morgan fingerprint density at radius 1 is 1.15 bits per heavy atom. The highest BCUT2D eigenvalue weighted by Gasteiger charge is 2.30. The highest BCUT2D eigenvalue weighted by atomic mass is 32.1. The van der Waals surface area contributed by atoms with E-state index in [0.29, 0.717) is 0 Å². The Labute approximate surface area is 195 Å². The molecule has 0 aliphatic heterocycles. The molecule has 1 amide bonds. The number of rotatable bonds is 6. The standard InChI is InChI=1S/C23H29N5O4S/c1-23(2,3)19(15-11-8-12-33-15)25-16-17(22(32)28(6)26-20(16)30)24-14-10-7-9-13(18(14)29)21(31)27(4)5/h7-12,19,24-25,29H,1-6H3,(H,26,30)/t19-/m0/s1. The van der Waals surface area contributed by atoms with Gasteiger partial charge in [0.2, 0.25) is 0 Å². The van der Waals surface area contributed by atoms with Crippen molar-refractivity contribution in [1.82, 2.24) is 14.7 Å². The molecule has 3 rings (SSSR count). The number of nitrogens with one attached hydrogen (secondary N) is 3. The van der Waals surface area contributed by atoms with Gasteiger partial charge in [0, 0.05) is 26.0 Å². The van der Waals surface area contributed by atoms with Crippen LogP contribution in [0.25, 0.3) is 0 Å². The van der Waals surface area contributed by atoms with Crippen molar-refractivity contribution >= 4 is 34.3 Å². The van der Waals surface area contributed by atoms with Gasteiger partial charge in [0.05, 0.1) is 17.3 Å². The molecule has 33 heavy (non-hydrogen) atoms. The van der Waals surface area contributed by atoms with Crippen LogP contribution in [0.4, 0.5) is 17.1 Å². The maximum Gasteiger partial charge on any atom is 0.290 e. The summed E-state index contributed by atoms with van der Waals surface area (Å²) < 4.78 is 1.07. The third-order valence-corrected chi connectivity index (χ3v) is 6.12. The van der Waals surface area contributed by atoms with Crippen LogP contribution in [0.15, 0.2) is 45.3 Å². The number of carbonyl (C=O) groups is 1. The average Bonchev–Trinajstić information content (AvgIpc) is 3.25. The van der Waals surface area contributed by atoms with Gasteiger partial charge < -0.3 is 20.6 Å². The summed E-state index contributed by atoms with van der Waals surface area (Å²) in [7, 11) is 4.59. The van der Waals surface area contributed by atoms with Gasteiger partial charge in [0.25, 0.3) is 17.0 Å². The van der Waals surface area contributed by atoms with E-state index in [1.54, 1.807) is 31.5 Å². The second kappa shape index (κ2) is 9.14. The second-order valence-corrected chi connectivity index (χ2v) is 10.0. The van der Waals surface area contributed by atoms with E-state index in [2.05, 4.69) is 15.7 Å². The SMILES string of the molecule is CN(C)C(=O)c1cccc(Nc2c(N[C@@H](c3cccs3)C(C)(C)C)c(=O)[nH]n(C)c2=O)c1O. The Morgan fingerprint density at radius 2 is 1.85 bits per heavy atom. The van der Waals surface area contributed by atoms with Crippen molar-refractivity contribution in [2.75, 3.05) is 24.7 Å². The van der Waals surface area contributed by atoms with Crippen LogP contribution in [-0.4, -0.2) is 39.8 Å². The third kappa shape index (κ3) is 4.95. The fraction of sp³-hybridized carbons (Fsp3) is 0.348. The topological polar surface area (TPSA) is 119 Å². The van der Waals surface area contributed by atoms with E-state index in [9.17, 15) is 19.5 Å². The summed E-state index contributed by atoms with van der Waals surface area (Å²) in [4.78, 5) is 40.7. The molecule has 1 aromatic carbocycles. The molecule has 0 saturated heterocycles. The van der Waals surface area contributed by atoms with E-state index < -0.39 is 11.1 Å². The number of nitrogens with zero attached hydrogens (tertiary/aromatic N) is 2. The number of aromatic hydroxyl groups is 1. The first-order valence-corrected chi connectivity index (χ1v) is 11.2. The lowest BCUT2D eigenvalue weighted by Crippen LogP contribution is -2.34. The number of thiophene rings is 1. The lowest BCUT2D eigenvalue weighted by molar-refractivity contribution is 0.0824. The number of aryl methyl sites for hydroxylation is 1. The number of phenols is 1. The number of para-hydroxylation sites is 1. The summed E-state index contributed by atoms with van der Waals surface area (Å²) >= 11 is 1.55. The number of anilines is 3. The van der Waals surface area contributed by atoms with Crippen molar-refractivity contribution in [3.63, 3.8) is 0 Å². The zero-order chi connectivity index (χ0) is 24.5. The first-order valence-electron chi connectivity index (χ1n) is 10.4. The number of carbonyl (C=O) groups excluding carboxylic acids is 1. The van der Waals surface area contributed by atoms with Crippen molar-refractivity contribution in [1.29, 1.82) is 0 Å². The Hall–Kier alpha value is -3.53. The van der Waals surface area contributed by atoms with Crippen LogP contribution >= 0.6 is 11.3 Å². The third-order valence-electron chi connectivity index (χ3n) is 5.18. The fourth-order valence-electron chi connectivity index (χ4n) is 3.41. The van der Waals surface area contributed by atoms with Crippen molar-refractivity contribution in [2.24, 2.45) is 12.5 Å².